The molecule has 0 bridgehead atoms. The minimum atomic E-state index is -1.01. The van der Waals surface area contributed by atoms with Crippen molar-refractivity contribution in [3.8, 4) is 0 Å². The summed E-state index contributed by atoms with van der Waals surface area (Å²) in [5.74, 6) is -0.917. The standard InChI is InChI=1S/C37H61NO7/c1-30(2,3)45-38-25-19-23-22(34(10)21-27-26(20-24(25)34)41-32(6,7)42-27)13-17-35(11)28(14-18-37(23,35)40)36(12)29(15-16-31(4,5)39)43-33(8,9)44-36/h19,22,24,26-29,39-40H,13-18,20-21H2,1-12H3/b38-25+/t22-,24-,26+,27-,28-,29+,34+,35+,36+,37+/m0/s1. The van der Waals surface area contributed by atoms with Gasteiger partial charge in [-0.1, -0.05) is 19.0 Å². The number of allylic oxidation sites excluding steroid dienone is 1. The van der Waals surface area contributed by atoms with Gasteiger partial charge in [-0.15, -0.1) is 0 Å². The minimum absolute atomic E-state index is 0.0179. The highest BCUT2D eigenvalue weighted by Gasteiger charge is 2.71. The van der Waals surface area contributed by atoms with Gasteiger partial charge in [-0.25, -0.2) is 0 Å². The highest BCUT2D eigenvalue weighted by atomic mass is 16.8. The zero-order valence-corrected chi connectivity index (χ0v) is 30.1. The van der Waals surface area contributed by atoms with E-state index in [0.717, 1.165) is 43.4 Å². The second-order valence-electron chi connectivity index (χ2n) is 18.6. The number of ether oxygens (including phenoxy) is 4. The van der Waals surface area contributed by atoms with Crippen LogP contribution in [0, 0.1) is 28.6 Å². The van der Waals surface area contributed by atoms with Gasteiger partial charge in [0.15, 0.2) is 11.6 Å². The molecule has 8 nitrogen and oxygen atoms in total. The molecule has 2 heterocycles. The van der Waals surface area contributed by atoms with Crippen molar-refractivity contribution in [2.45, 2.75) is 187 Å². The molecule has 0 radical (unpaired) electrons. The lowest BCUT2D eigenvalue weighted by Crippen LogP contribution is -2.62. The molecule has 0 spiro atoms. The van der Waals surface area contributed by atoms with Crippen molar-refractivity contribution in [2.24, 2.45) is 33.7 Å². The van der Waals surface area contributed by atoms with Crippen molar-refractivity contribution in [3.05, 3.63) is 11.6 Å². The van der Waals surface area contributed by atoms with E-state index in [0.29, 0.717) is 19.3 Å². The molecular formula is C37H61NO7. The first-order chi connectivity index (χ1) is 20.4. The van der Waals surface area contributed by atoms with Crippen LogP contribution in [0.15, 0.2) is 16.8 Å². The van der Waals surface area contributed by atoms with Crippen molar-refractivity contribution >= 4 is 5.71 Å². The van der Waals surface area contributed by atoms with Crippen molar-refractivity contribution in [3.63, 3.8) is 0 Å². The van der Waals surface area contributed by atoms with Gasteiger partial charge in [0.25, 0.3) is 0 Å². The number of aliphatic hydroxyl groups is 2. The Hall–Kier alpha value is -1.03. The van der Waals surface area contributed by atoms with Crippen molar-refractivity contribution in [2.75, 3.05) is 0 Å². The van der Waals surface area contributed by atoms with E-state index < -0.39 is 39.4 Å². The molecule has 0 aromatic rings. The first kappa shape index (κ1) is 33.9. The van der Waals surface area contributed by atoms with Crippen LogP contribution in [0.3, 0.4) is 0 Å². The second-order valence-corrected chi connectivity index (χ2v) is 18.6. The lowest BCUT2D eigenvalue weighted by Gasteiger charge is -2.61. The van der Waals surface area contributed by atoms with Crippen molar-refractivity contribution in [1.82, 2.24) is 0 Å². The van der Waals surface area contributed by atoms with Crippen molar-refractivity contribution < 1.29 is 34.0 Å². The van der Waals surface area contributed by atoms with Gasteiger partial charge in [0.05, 0.1) is 40.8 Å². The van der Waals surface area contributed by atoms with E-state index in [9.17, 15) is 10.2 Å². The van der Waals surface area contributed by atoms with Gasteiger partial charge < -0.3 is 34.0 Å². The van der Waals surface area contributed by atoms with E-state index in [-0.39, 0.29) is 41.5 Å². The topological polar surface area (TPSA) is 99.0 Å². The van der Waals surface area contributed by atoms with Gasteiger partial charge >= 0.3 is 0 Å². The molecule has 2 saturated heterocycles. The average molecular weight is 632 g/mol. The van der Waals surface area contributed by atoms with E-state index in [1.165, 1.54) is 0 Å². The Kier molecular flexibility index (Phi) is 7.70. The summed E-state index contributed by atoms with van der Waals surface area (Å²) in [5, 5.41) is 28.6. The van der Waals surface area contributed by atoms with Crippen molar-refractivity contribution in [1.29, 1.82) is 0 Å². The number of hydrogen-bond acceptors (Lipinski definition) is 8. The third-order valence-corrected chi connectivity index (χ3v) is 12.6. The highest BCUT2D eigenvalue weighted by molar-refractivity contribution is 5.99. The minimum Gasteiger partial charge on any atom is -0.390 e. The maximum Gasteiger partial charge on any atom is 0.164 e. The maximum absolute atomic E-state index is 13.2. The summed E-state index contributed by atoms with van der Waals surface area (Å²) in [6.07, 6.45) is 8.47. The molecule has 0 aromatic carbocycles. The second kappa shape index (κ2) is 10.2. The number of hydrogen-bond donors (Lipinski definition) is 2. The van der Waals surface area contributed by atoms with Gasteiger partial charge in [-0.3, -0.25) is 0 Å². The highest BCUT2D eigenvalue weighted by Crippen LogP contribution is 2.70. The molecular weight excluding hydrogens is 570 g/mol. The van der Waals surface area contributed by atoms with Crippen LogP contribution in [-0.2, 0) is 23.8 Å². The quantitative estimate of drug-likeness (QED) is 0.314. The Morgan fingerprint density at radius 2 is 1.56 bits per heavy atom. The lowest BCUT2D eigenvalue weighted by atomic mass is 9.45. The van der Waals surface area contributed by atoms with E-state index in [1.807, 2.05) is 62.3 Å². The molecule has 256 valence electrons. The monoisotopic (exact) mass is 631 g/mol. The van der Waals surface area contributed by atoms with Crippen LogP contribution in [0.5, 0.6) is 0 Å². The fourth-order valence-corrected chi connectivity index (χ4v) is 10.8. The third kappa shape index (κ3) is 5.55. The normalized spacial score (nSPS) is 48.0. The fourth-order valence-electron chi connectivity index (χ4n) is 10.8. The first-order valence-corrected chi connectivity index (χ1v) is 17.6. The fraction of sp³-hybridized carbons (Fsp3) is 0.919. The van der Waals surface area contributed by atoms with Crippen LogP contribution in [0.4, 0.5) is 0 Å². The summed E-state index contributed by atoms with van der Waals surface area (Å²) in [4.78, 5) is 6.11. The van der Waals surface area contributed by atoms with Crippen LogP contribution in [-0.4, -0.2) is 68.2 Å². The Morgan fingerprint density at radius 1 is 0.889 bits per heavy atom. The largest absolute Gasteiger partial charge is 0.390 e. The van der Waals surface area contributed by atoms with Crippen LogP contribution in [0.2, 0.25) is 0 Å². The Balaban J connectivity index is 1.39. The summed E-state index contributed by atoms with van der Waals surface area (Å²) < 4.78 is 26.3. The summed E-state index contributed by atoms with van der Waals surface area (Å²) in [6, 6.07) is 0. The molecule has 10 atom stereocenters. The molecule has 2 aliphatic heterocycles. The SMILES string of the molecule is CC(C)(O)CC[C@H]1OC(C)(C)O[C@]1(C)[C@H]1CC[C@@]2(O)C3=C/C(=N\OC(C)(C)C)[C@@H]4C[C@H]5OC(C)(C)O[C@H]5C[C@]4(C)[C@H]3CC[C@]12C. The zero-order chi connectivity index (χ0) is 33.2. The lowest BCUT2D eigenvalue weighted by molar-refractivity contribution is -0.189. The van der Waals surface area contributed by atoms with Crippen LogP contribution >= 0.6 is 0 Å². The van der Waals surface area contributed by atoms with Gasteiger partial charge in [0, 0.05) is 11.3 Å². The van der Waals surface area contributed by atoms with Gasteiger partial charge in [0.1, 0.15) is 5.60 Å². The molecule has 5 fully saturated rings. The molecule has 2 N–H and O–H groups in total. The molecule has 3 saturated carbocycles. The van der Waals surface area contributed by atoms with E-state index in [4.69, 9.17) is 28.9 Å². The predicted molar refractivity (Wildman–Crippen MR) is 173 cm³/mol. The maximum atomic E-state index is 13.2. The number of rotatable bonds is 5. The molecule has 45 heavy (non-hydrogen) atoms. The summed E-state index contributed by atoms with van der Waals surface area (Å²) in [7, 11) is 0. The van der Waals surface area contributed by atoms with E-state index in [1.54, 1.807) is 0 Å². The van der Waals surface area contributed by atoms with Gasteiger partial charge in [-0.05, 0) is 150 Å². The van der Waals surface area contributed by atoms with E-state index in [2.05, 4.69) is 26.8 Å². The average Bonchev–Trinajstić information content (AvgIpc) is 3.42. The Labute approximate surface area is 271 Å². The summed E-state index contributed by atoms with van der Waals surface area (Å²) >= 11 is 0. The molecule has 0 amide bonds. The molecule has 0 unspecified atom stereocenters. The van der Waals surface area contributed by atoms with Crippen LogP contribution in [0.1, 0.15) is 134 Å². The van der Waals surface area contributed by atoms with Gasteiger partial charge in [0.2, 0.25) is 0 Å². The Bertz CT molecular complexity index is 1240. The molecule has 6 rings (SSSR count). The predicted octanol–water partition coefficient (Wildman–Crippen LogP) is 7.05. The number of fused-ring (bicyclic) bond motifs is 6. The molecule has 4 aliphatic carbocycles. The summed E-state index contributed by atoms with van der Waals surface area (Å²) in [6.45, 7) is 24.7. The van der Waals surface area contributed by atoms with E-state index >= 15 is 0 Å². The first-order valence-electron chi connectivity index (χ1n) is 17.6. The number of nitrogens with zero attached hydrogens (tertiary/aromatic N) is 1. The number of oxime groups is 1. The Morgan fingerprint density at radius 3 is 2.20 bits per heavy atom. The van der Waals surface area contributed by atoms with Gasteiger partial charge in [-0.2, -0.15) is 0 Å². The molecule has 6 aliphatic rings. The van der Waals surface area contributed by atoms with Crippen LogP contribution in [0.25, 0.3) is 0 Å². The zero-order valence-electron chi connectivity index (χ0n) is 30.1. The third-order valence-electron chi connectivity index (χ3n) is 12.6. The van der Waals surface area contributed by atoms with Crippen LogP contribution < -0.4 is 0 Å². The molecule has 0 aromatic heterocycles. The summed E-state index contributed by atoms with van der Waals surface area (Å²) in [5.41, 5.74) is -1.39. The molecule has 8 heteroatoms. The smallest absolute Gasteiger partial charge is 0.164 e.